The molecule has 1 amide bonds. The molecule has 0 atom stereocenters. The van der Waals surface area contributed by atoms with Gasteiger partial charge in [-0.25, -0.2) is 5.48 Å². The molecule has 0 fully saturated rings. The van der Waals surface area contributed by atoms with Gasteiger partial charge in [0.1, 0.15) is 0 Å². The van der Waals surface area contributed by atoms with Gasteiger partial charge in [-0.15, -0.1) is 0 Å². The molecule has 1 heterocycles. The fraction of sp³-hybridized carbons (Fsp3) is 0.0526. The van der Waals surface area contributed by atoms with Crippen molar-refractivity contribution in [3.63, 3.8) is 0 Å². The Kier molecular flexibility index (Phi) is 4.84. The average Bonchev–Trinajstić information content (AvgIpc) is 2.65. The lowest BCUT2D eigenvalue weighted by atomic mass is 10.1. The minimum Gasteiger partial charge on any atom is -0.380 e. The van der Waals surface area contributed by atoms with E-state index in [-0.39, 0.29) is 0 Å². The zero-order chi connectivity index (χ0) is 16.8. The third-order valence-corrected chi connectivity index (χ3v) is 3.60. The van der Waals surface area contributed by atoms with Crippen LogP contribution in [0.3, 0.4) is 0 Å². The number of carbonyl (C=O) groups is 1. The highest BCUT2D eigenvalue weighted by Crippen LogP contribution is 2.17. The number of nitrogens with zero attached hydrogens (tertiary/aromatic N) is 1. The van der Waals surface area contributed by atoms with Crippen LogP contribution in [0.1, 0.15) is 11.1 Å². The average molecular weight is 319 g/mol. The van der Waals surface area contributed by atoms with Crippen molar-refractivity contribution in [1.82, 2.24) is 10.5 Å². The second-order valence-electron chi connectivity index (χ2n) is 5.32. The Morgan fingerprint density at radius 3 is 2.71 bits per heavy atom. The Hall–Kier alpha value is -3.18. The molecule has 0 aliphatic rings. The van der Waals surface area contributed by atoms with E-state index in [1.54, 1.807) is 11.6 Å². The lowest BCUT2D eigenvalue weighted by molar-refractivity contribution is -0.124. The van der Waals surface area contributed by atoms with Gasteiger partial charge in [0.15, 0.2) is 0 Å². The van der Waals surface area contributed by atoms with Crippen molar-refractivity contribution in [3.8, 4) is 0 Å². The van der Waals surface area contributed by atoms with Crippen LogP contribution in [0.2, 0.25) is 0 Å². The van der Waals surface area contributed by atoms with Crippen LogP contribution in [0.25, 0.3) is 17.0 Å². The maximum atomic E-state index is 10.9. The fourth-order valence-electron chi connectivity index (χ4n) is 2.33. The molecule has 0 radical (unpaired) electrons. The van der Waals surface area contributed by atoms with Crippen LogP contribution in [0, 0.1) is 0 Å². The summed E-state index contributed by atoms with van der Waals surface area (Å²) < 4.78 is 0. The summed E-state index contributed by atoms with van der Waals surface area (Å²) in [4.78, 5) is 15.4. The van der Waals surface area contributed by atoms with Crippen LogP contribution >= 0.6 is 0 Å². The summed E-state index contributed by atoms with van der Waals surface area (Å²) in [5.41, 5.74) is 5.51. The SMILES string of the molecule is O=C(/C=C/c1ccc(CNc2cnc3ccccc3c2)cc1)NO. The summed E-state index contributed by atoms with van der Waals surface area (Å²) in [6.45, 7) is 0.682. The number of hydrogen-bond donors (Lipinski definition) is 3. The molecule has 0 aliphatic heterocycles. The number of anilines is 1. The molecule has 0 bridgehead atoms. The van der Waals surface area contributed by atoms with Crippen molar-refractivity contribution in [3.05, 3.63) is 78.0 Å². The van der Waals surface area contributed by atoms with Crippen LogP contribution in [-0.2, 0) is 11.3 Å². The lowest BCUT2D eigenvalue weighted by Gasteiger charge is -2.07. The summed E-state index contributed by atoms with van der Waals surface area (Å²) in [6, 6.07) is 17.9. The largest absolute Gasteiger partial charge is 0.380 e. The van der Waals surface area contributed by atoms with E-state index in [0.717, 1.165) is 27.7 Å². The van der Waals surface area contributed by atoms with Gasteiger partial charge >= 0.3 is 0 Å². The highest BCUT2D eigenvalue weighted by atomic mass is 16.5. The van der Waals surface area contributed by atoms with Crippen molar-refractivity contribution in [1.29, 1.82) is 0 Å². The summed E-state index contributed by atoms with van der Waals surface area (Å²) >= 11 is 0. The molecular weight excluding hydrogens is 302 g/mol. The molecule has 0 unspecified atom stereocenters. The number of pyridine rings is 1. The number of para-hydroxylation sites is 1. The molecule has 5 nitrogen and oxygen atoms in total. The zero-order valence-corrected chi connectivity index (χ0v) is 12.9. The van der Waals surface area contributed by atoms with Gasteiger partial charge in [0.2, 0.25) is 0 Å². The number of amides is 1. The Morgan fingerprint density at radius 1 is 1.12 bits per heavy atom. The molecule has 1 aromatic heterocycles. The van der Waals surface area contributed by atoms with E-state index in [9.17, 15) is 4.79 Å². The quantitative estimate of drug-likeness (QED) is 0.383. The predicted molar refractivity (Wildman–Crippen MR) is 94.5 cm³/mol. The van der Waals surface area contributed by atoms with Crippen molar-refractivity contribution in [2.45, 2.75) is 6.54 Å². The van der Waals surface area contributed by atoms with Crippen LogP contribution in [0.5, 0.6) is 0 Å². The first-order valence-electron chi connectivity index (χ1n) is 7.54. The van der Waals surface area contributed by atoms with E-state index in [1.807, 2.05) is 54.7 Å². The topological polar surface area (TPSA) is 74.2 Å². The van der Waals surface area contributed by atoms with Gasteiger partial charge < -0.3 is 5.32 Å². The summed E-state index contributed by atoms with van der Waals surface area (Å²) in [5, 5.41) is 12.9. The number of hydroxylamine groups is 1. The van der Waals surface area contributed by atoms with E-state index in [4.69, 9.17) is 5.21 Å². The Balaban J connectivity index is 1.63. The standard InChI is InChI=1S/C19H17N3O2/c23-19(22-24)10-9-14-5-7-15(8-6-14)12-20-17-11-16-3-1-2-4-18(16)21-13-17/h1-11,13,20,24H,12H2,(H,22,23)/b10-9+. The Bertz CT molecular complexity index is 873. The van der Waals surface area contributed by atoms with E-state index < -0.39 is 5.91 Å². The molecule has 0 aliphatic carbocycles. The monoisotopic (exact) mass is 319 g/mol. The first-order valence-corrected chi connectivity index (χ1v) is 7.54. The van der Waals surface area contributed by atoms with E-state index in [0.29, 0.717) is 6.54 Å². The van der Waals surface area contributed by atoms with Crippen molar-refractivity contribution >= 4 is 28.6 Å². The van der Waals surface area contributed by atoms with E-state index in [1.165, 1.54) is 6.08 Å². The number of hydrogen-bond acceptors (Lipinski definition) is 4. The van der Waals surface area contributed by atoms with Crippen LogP contribution in [-0.4, -0.2) is 16.1 Å². The number of benzene rings is 2. The molecule has 3 N–H and O–H groups in total. The predicted octanol–water partition coefficient (Wildman–Crippen LogP) is 3.37. The third kappa shape index (κ3) is 3.97. The van der Waals surface area contributed by atoms with Gasteiger partial charge in [0, 0.05) is 18.0 Å². The molecule has 5 heteroatoms. The second-order valence-corrected chi connectivity index (χ2v) is 5.32. The number of fused-ring (bicyclic) bond motifs is 1. The minimum atomic E-state index is -0.551. The van der Waals surface area contributed by atoms with Gasteiger partial charge in [-0.1, -0.05) is 42.5 Å². The number of nitrogens with one attached hydrogen (secondary N) is 2. The summed E-state index contributed by atoms with van der Waals surface area (Å²) in [7, 11) is 0. The van der Waals surface area contributed by atoms with Crippen molar-refractivity contribution in [2.24, 2.45) is 0 Å². The zero-order valence-electron chi connectivity index (χ0n) is 12.9. The maximum Gasteiger partial charge on any atom is 0.267 e. The molecule has 2 aromatic carbocycles. The molecule has 3 rings (SSSR count). The van der Waals surface area contributed by atoms with E-state index >= 15 is 0 Å². The molecular formula is C19H17N3O2. The summed E-state index contributed by atoms with van der Waals surface area (Å²) in [6.07, 6.45) is 4.73. The van der Waals surface area contributed by atoms with Gasteiger partial charge in [-0.3, -0.25) is 15.0 Å². The first kappa shape index (κ1) is 15.7. The lowest BCUT2D eigenvalue weighted by Crippen LogP contribution is -2.14. The van der Waals surface area contributed by atoms with E-state index in [2.05, 4.69) is 16.4 Å². The first-order chi connectivity index (χ1) is 11.7. The van der Waals surface area contributed by atoms with Crippen LogP contribution < -0.4 is 10.8 Å². The van der Waals surface area contributed by atoms with Gasteiger partial charge in [0.05, 0.1) is 17.4 Å². The fourth-order valence-corrected chi connectivity index (χ4v) is 2.33. The number of aromatic nitrogens is 1. The smallest absolute Gasteiger partial charge is 0.267 e. The van der Waals surface area contributed by atoms with Crippen LogP contribution in [0.4, 0.5) is 5.69 Å². The molecule has 24 heavy (non-hydrogen) atoms. The van der Waals surface area contributed by atoms with Crippen molar-refractivity contribution in [2.75, 3.05) is 5.32 Å². The minimum absolute atomic E-state index is 0.551. The molecule has 120 valence electrons. The van der Waals surface area contributed by atoms with Crippen molar-refractivity contribution < 1.29 is 10.0 Å². The van der Waals surface area contributed by atoms with Gasteiger partial charge in [-0.05, 0) is 29.3 Å². The maximum absolute atomic E-state index is 10.9. The Morgan fingerprint density at radius 2 is 1.92 bits per heavy atom. The van der Waals surface area contributed by atoms with Gasteiger partial charge in [-0.2, -0.15) is 0 Å². The molecule has 3 aromatic rings. The molecule has 0 saturated carbocycles. The third-order valence-electron chi connectivity index (χ3n) is 3.60. The molecule has 0 saturated heterocycles. The number of carbonyl (C=O) groups excluding carboxylic acids is 1. The highest BCUT2D eigenvalue weighted by molar-refractivity contribution is 5.90. The highest BCUT2D eigenvalue weighted by Gasteiger charge is 1.98. The molecule has 0 spiro atoms. The van der Waals surface area contributed by atoms with Crippen LogP contribution in [0.15, 0.2) is 66.9 Å². The Labute approximate surface area is 139 Å². The van der Waals surface area contributed by atoms with Gasteiger partial charge in [0.25, 0.3) is 5.91 Å². The normalized spacial score (nSPS) is 10.9. The number of rotatable bonds is 5. The summed E-state index contributed by atoms with van der Waals surface area (Å²) in [5.74, 6) is -0.551. The second kappa shape index (κ2) is 7.39.